The number of urea groups is 1. The number of carbonyl (C=O) groups is 9. The third kappa shape index (κ3) is 34.3. The highest BCUT2D eigenvalue weighted by molar-refractivity contribution is 5.92. The summed E-state index contributed by atoms with van der Waals surface area (Å²) in [6.45, 7) is 2.34. The maximum Gasteiger partial charge on any atom is 0.326 e. The molecule has 2 unspecified atom stereocenters. The molecule has 10 N–H and O–H groups in total. The van der Waals surface area contributed by atoms with Crippen molar-refractivity contribution in [3.8, 4) is 0 Å². The molecule has 2 atom stereocenters. The molecule has 0 aliphatic carbocycles. The number of aliphatic carboxylic acids is 6. The minimum atomic E-state index is -1.47. The standard InChI is InChI=1S/C52H86N8O15/c61-44(53-27-17-16-19-42(50(71)72)55-52(75)56-43(51(73)74)25-26-46(63)64)20-15-13-11-9-7-5-3-1-2-4-6-8-10-12-14-18-40-21-23-41(24-22-40)54-45(62)36-57-28-30-58(37-47(65)66)32-34-60(39-49(69)70)35-33-59(31-29-57)38-48(67)68/h21-24,42-43H,1-20,25-39H2,(H,53,61)(H,54,62)(H,63,64)(H,65,66)(H,67,68)(H,69,70)(H,71,72)(H,73,74)(H2,55,56,75). The molecule has 1 aromatic rings. The molecular weight excluding hydrogens is 977 g/mol. The van der Waals surface area contributed by atoms with Gasteiger partial charge in [-0.15, -0.1) is 0 Å². The number of hydrogen-bond acceptors (Lipinski definition) is 13. The lowest BCUT2D eigenvalue weighted by atomic mass is 10.0. The van der Waals surface area contributed by atoms with Crippen molar-refractivity contribution in [1.29, 1.82) is 0 Å². The fraction of sp³-hybridized carbons (Fsp3) is 0.712. The van der Waals surface area contributed by atoms with Gasteiger partial charge in [-0.1, -0.05) is 95.6 Å². The molecule has 0 spiro atoms. The Labute approximate surface area is 441 Å². The van der Waals surface area contributed by atoms with Crippen LogP contribution >= 0.6 is 0 Å². The van der Waals surface area contributed by atoms with Crippen LogP contribution < -0.4 is 21.3 Å². The van der Waals surface area contributed by atoms with Crippen LogP contribution in [0.2, 0.25) is 0 Å². The van der Waals surface area contributed by atoms with Crippen LogP contribution in [0.4, 0.5) is 10.5 Å². The second-order valence-electron chi connectivity index (χ2n) is 19.5. The van der Waals surface area contributed by atoms with Crippen LogP contribution in [0.1, 0.15) is 140 Å². The van der Waals surface area contributed by atoms with Crippen LogP contribution in [0, 0.1) is 0 Å². The third-order valence-electron chi connectivity index (χ3n) is 13.1. The van der Waals surface area contributed by atoms with Crippen molar-refractivity contribution in [3.63, 3.8) is 0 Å². The van der Waals surface area contributed by atoms with Crippen LogP contribution in [0.3, 0.4) is 0 Å². The zero-order valence-electron chi connectivity index (χ0n) is 43.9. The molecule has 0 aromatic heterocycles. The summed E-state index contributed by atoms with van der Waals surface area (Å²) in [4.78, 5) is 113. The third-order valence-corrected chi connectivity index (χ3v) is 13.1. The molecule has 0 radical (unpaired) electrons. The Morgan fingerprint density at radius 1 is 0.413 bits per heavy atom. The molecular formula is C52H86N8O15. The van der Waals surface area contributed by atoms with Gasteiger partial charge in [0.25, 0.3) is 0 Å². The summed E-state index contributed by atoms with van der Waals surface area (Å²) in [5.41, 5.74) is 1.88. The Morgan fingerprint density at radius 3 is 1.20 bits per heavy atom. The molecule has 23 nitrogen and oxygen atoms in total. The first-order valence-electron chi connectivity index (χ1n) is 26.8. The Hall–Kier alpha value is -5.91. The highest BCUT2D eigenvalue weighted by Crippen LogP contribution is 2.17. The average Bonchev–Trinajstić information content (AvgIpc) is 3.33. The monoisotopic (exact) mass is 1060 g/mol. The van der Waals surface area contributed by atoms with E-state index >= 15 is 0 Å². The quantitative estimate of drug-likeness (QED) is 0.0412. The molecule has 1 aliphatic heterocycles. The fourth-order valence-electron chi connectivity index (χ4n) is 8.79. The van der Waals surface area contributed by atoms with Crippen molar-refractivity contribution in [1.82, 2.24) is 35.6 Å². The normalized spacial score (nSPS) is 15.1. The van der Waals surface area contributed by atoms with Gasteiger partial charge in [0.1, 0.15) is 12.1 Å². The van der Waals surface area contributed by atoms with E-state index in [0.29, 0.717) is 83.9 Å². The zero-order valence-corrected chi connectivity index (χ0v) is 43.9. The molecule has 75 heavy (non-hydrogen) atoms. The topological polar surface area (TPSA) is 336 Å². The molecule has 2 rings (SSSR count). The first-order chi connectivity index (χ1) is 35.9. The van der Waals surface area contributed by atoms with Crippen molar-refractivity contribution in [2.24, 2.45) is 0 Å². The minimum Gasteiger partial charge on any atom is -0.481 e. The summed E-state index contributed by atoms with van der Waals surface area (Å²) in [5, 5.41) is 65.8. The molecule has 424 valence electrons. The van der Waals surface area contributed by atoms with E-state index in [4.69, 9.17) is 5.11 Å². The van der Waals surface area contributed by atoms with E-state index in [2.05, 4.69) is 21.3 Å². The second kappa shape index (κ2) is 39.5. The highest BCUT2D eigenvalue weighted by Gasteiger charge is 2.25. The maximum atomic E-state index is 13.2. The van der Waals surface area contributed by atoms with Crippen molar-refractivity contribution in [2.45, 2.75) is 153 Å². The van der Waals surface area contributed by atoms with Crippen LogP contribution in [-0.2, 0) is 44.8 Å². The predicted octanol–water partition coefficient (Wildman–Crippen LogP) is 4.24. The van der Waals surface area contributed by atoms with Gasteiger partial charge in [0.15, 0.2) is 0 Å². The number of benzene rings is 1. The number of aryl methyl sites for hydroxylation is 1. The van der Waals surface area contributed by atoms with Gasteiger partial charge < -0.3 is 51.9 Å². The van der Waals surface area contributed by atoms with Crippen molar-refractivity contribution in [3.05, 3.63) is 29.8 Å². The summed E-state index contributed by atoms with van der Waals surface area (Å²) in [6.07, 6.45) is 18.9. The van der Waals surface area contributed by atoms with E-state index in [1.54, 1.807) is 14.7 Å². The Bertz CT molecular complexity index is 1860. The maximum absolute atomic E-state index is 13.2. The number of carboxylic acid groups (broad SMARTS) is 6. The van der Waals surface area contributed by atoms with E-state index in [1.807, 2.05) is 29.2 Å². The first-order valence-corrected chi connectivity index (χ1v) is 26.8. The average molecular weight is 1060 g/mol. The summed E-state index contributed by atoms with van der Waals surface area (Å²) in [6, 6.07) is 4.09. The molecule has 23 heteroatoms. The molecule has 1 heterocycles. The Morgan fingerprint density at radius 2 is 0.800 bits per heavy atom. The smallest absolute Gasteiger partial charge is 0.326 e. The highest BCUT2D eigenvalue weighted by atomic mass is 16.4. The van der Waals surface area contributed by atoms with Gasteiger partial charge >= 0.3 is 41.8 Å². The van der Waals surface area contributed by atoms with E-state index in [-0.39, 0.29) is 50.8 Å². The summed E-state index contributed by atoms with van der Waals surface area (Å²) >= 11 is 0. The summed E-state index contributed by atoms with van der Waals surface area (Å²) < 4.78 is 0. The molecule has 4 amide bonds. The fourth-order valence-corrected chi connectivity index (χ4v) is 8.79. The number of carbonyl (C=O) groups excluding carboxylic acids is 3. The molecule has 1 aromatic carbocycles. The number of nitrogens with one attached hydrogen (secondary N) is 4. The zero-order chi connectivity index (χ0) is 55.2. The van der Waals surface area contributed by atoms with Gasteiger partial charge in [0.2, 0.25) is 11.8 Å². The number of nitrogens with zero attached hydrogens (tertiary/aromatic N) is 4. The van der Waals surface area contributed by atoms with Gasteiger partial charge in [-0.3, -0.25) is 48.4 Å². The van der Waals surface area contributed by atoms with Crippen LogP contribution in [0.25, 0.3) is 0 Å². The van der Waals surface area contributed by atoms with Crippen molar-refractivity contribution >= 4 is 59.3 Å². The minimum absolute atomic E-state index is 0.0383. The van der Waals surface area contributed by atoms with Crippen LogP contribution in [0.15, 0.2) is 24.3 Å². The second-order valence-corrected chi connectivity index (χ2v) is 19.5. The number of rotatable bonds is 39. The summed E-state index contributed by atoms with van der Waals surface area (Å²) in [5.74, 6) is -7.26. The number of anilines is 1. The van der Waals surface area contributed by atoms with Gasteiger partial charge in [-0.05, 0) is 62.6 Å². The first kappa shape index (κ1) is 65.2. The number of carboxylic acids is 6. The summed E-state index contributed by atoms with van der Waals surface area (Å²) in [7, 11) is 0. The van der Waals surface area contributed by atoms with Crippen molar-refractivity contribution < 1.29 is 73.8 Å². The van der Waals surface area contributed by atoms with Crippen molar-refractivity contribution in [2.75, 3.05) is 90.4 Å². The predicted molar refractivity (Wildman–Crippen MR) is 280 cm³/mol. The molecule has 1 aliphatic rings. The molecule has 0 bridgehead atoms. The van der Waals surface area contributed by atoms with E-state index in [0.717, 1.165) is 44.9 Å². The lowest BCUT2D eigenvalue weighted by molar-refractivity contribution is -0.141. The number of amides is 4. The number of hydrogen-bond donors (Lipinski definition) is 10. The molecule has 0 saturated carbocycles. The van der Waals surface area contributed by atoms with Gasteiger partial charge in [0, 0.05) is 77.4 Å². The lowest BCUT2D eigenvalue weighted by Crippen LogP contribution is -2.51. The molecule has 1 fully saturated rings. The Balaban J connectivity index is 1.50. The number of unbranched alkanes of at least 4 members (excludes halogenated alkanes) is 15. The lowest BCUT2D eigenvalue weighted by Gasteiger charge is -2.32. The largest absolute Gasteiger partial charge is 0.481 e. The Kier molecular flexibility index (Phi) is 34.3. The SMILES string of the molecule is O=C(O)CCC(NC(=O)NC(CCCCNC(=O)CCCCCCCCCCCCCCCCCc1ccc(NC(=O)CN2CCN(CC(=O)O)CCN(CC(=O)O)CCN(CC(=O)O)CC2)cc1)C(=O)O)C(=O)O. The van der Waals surface area contributed by atoms with Gasteiger partial charge in [-0.2, -0.15) is 0 Å². The van der Waals surface area contributed by atoms with E-state index in [9.17, 15) is 68.7 Å². The van der Waals surface area contributed by atoms with Crippen LogP contribution in [0.5, 0.6) is 0 Å². The van der Waals surface area contributed by atoms with E-state index < -0.39 is 60.4 Å². The van der Waals surface area contributed by atoms with Gasteiger partial charge in [-0.25, -0.2) is 14.4 Å². The van der Waals surface area contributed by atoms with Crippen LogP contribution in [-0.4, -0.2) is 201 Å². The van der Waals surface area contributed by atoms with E-state index in [1.165, 1.54) is 63.4 Å². The molecule has 1 saturated heterocycles. The van der Waals surface area contributed by atoms with Gasteiger partial charge in [0.05, 0.1) is 26.2 Å².